The van der Waals surface area contributed by atoms with Gasteiger partial charge in [0.2, 0.25) is 0 Å². The van der Waals surface area contributed by atoms with Crippen LogP contribution in [0.25, 0.3) is 10.8 Å². The molecule has 4 nitrogen and oxygen atoms in total. The van der Waals surface area contributed by atoms with Crippen LogP contribution in [0.2, 0.25) is 0 Å². The summed E-state index contributed by atoms with van der Waals surface area (Å²) < 4.78 is 32.2. The van der Waals surface area contributed by atoms with Crippen LogP contribution in [-0.4, -0.2) is 18.0 Å². The first-order valence-corrected chi connectivity index (χ1v) is 8.94. The maximum atomic E-state index is 13.7. The van der Waals surface area contributed by atoms with Crippen molar-refractivity contribution in [2.45, 2.75) is 25.9 Å². The highest BCUT2D eigenvalue weighted by molar-refractivity contribution is 6.08. The second kappa shape index (κ2) is 7.03. The molecule has 1 aliphatic carbocycles. The highest BCUT2D eigenvalue weighted by Gasteiger charge is 2.23. The molecular weight excluding hydrogens is 364 g/mol. The van der Waals surface area contributed by atoms with Crippen LogP contribution in [-0.2, 0) is 22.4 Å². The Hall–Kier alpha value is -3.28. The standard InChI is InChI=1S/C22H17F2NO3/c1-12(21(26)25-19-11-15(23)8-10-18(19)24)28-22(27)17-9-7-14-6-5-13-3-2-4-16(17)20(13)14/h2-4,7-12H,5-6H2,1H3,(H,25,26). The quantitative estimate of drug-likeness (QED) is 0.682. The number of nitrogens with one attached hydrogen (secondary N) is 1. The number of amides is 1. The average Bonchev–Trinajstić information content (AvgIpc) is 3.10. The molecule has 28 heavy (non-hydrogen) atoms. The Kier molecular flexibility index (Phi) is 4.55. The third-order valence-electron chi connectivity index (χ3n) is 4.94. The van der Waals surface area contributed by atoms with Crippen molar-refractivity contribution in [1.82, 2.24) is 0 Å². The molecule has 0 bridgehead atoms. The molecule has 1 aliphatic rings. The fraction of sp³-hybridized carbons (Fsp3) is 0.182. The number of halogens is 2. The van der Waals surface area contributed by atoms with Crippen molar-refractivity contribution < 1.29 is 23.1 Å². The minimum atomic E-state index is -1.18. The number of anilines is 1. The molecule has 0 aliphatic heterocycles. The van der Waals surface area contributed by atoms with E-state index >= 15 is 0 Å². The van der Waals surface area contributed by atoms with E-state index in [1.807, 2.05) is 24.3 Å². The van der Waals surface area contributed by atoms with Crippen molar-refractivity contribution in [3.05, 3.63) is 76.9 Å². The van der Waals surface area contributed by atoms with Gasteiger partial charge in [-0.3, -0.25) is 4.79 Å². The number of esters is 1. The van der Waals surface area contributed by atoms with E-state index in [0.29, 0.717) is 5.56 Å². The summed E-state index contributed by atoms with van der Waals surface area (Å²) in [4.78, 5) is 24.9. The minimum Gasteiger partial charge on any atom is -0.449 e. The summed E-state index contributed by atoms with van der Waals surface area (Å²) in [5.74, 6) is -2.85. The van der Waals surface area contributed by atoms with E-state index in [-0.39, 0.29) is 5.69 Å². The van der Waals surface area contributed by atoms with Gasteiger partial charge in [-0.2, -0.15) is 0 Å². The van der Waals surface area contributed by atoms with Crippen molar-refractivity contribution in [3.8, 4) is 0 Å². The fourth-order valence-electron chi connectivity index (χ4n) is 3.53. The monoisotopic (exact) mass is 381 g/mol. The molecule has 1 atom stereocenters. The summed E-state index contributed by atoms with van der Waals surface area (Å²) >= 11 is 0. The number of rotatable bonds is 4. The van der Waals surface area contributed by atoms with Gasteiger partial charge in [-0.1, -0.05) is 24.3 Å². The largest absolute Gasteiger partial charge is 0.449 e. The van der Waals surface area contributed by atoms with Crippen LogP contribution >= 0.6 is 0 Å². The molecule has 142 valence electrons. The lowest BCUT2D eigenvalue weighted by Crippen LogP contribution is -2.30. The van der Waals surface area contributed by atoms with Gasteiger partial charge in [0.25, 0.3) is 5.91 Å². The van der Waals surface area contributed by atoms with E-state index in [1.165, 1.54) is 18.1 Å². The number of hydrogen-bond acceptors (Lipinski definition) is 3. The molecule has 0 heterocycles. The van der Waals surface area contributed by atoms with Gasteiger partial charge in [0.1, 0.15) is 11.6 Å². The molecule has 0 aromatic heterocycles. The summed E-state index contributed by atoms with van der Waals surface area (Å²) in [6.45, 7) is 1.38. The first kappa shape index (κ1) is 18.1. The van der Waals surface area contributed by atoms with E-state index in [1.54, 1.807) is 6.07 Å². The van der Waals surface area contributed by atoms with Gasteiger partial charge in [-0.05, 0) is 59.9 Å². The summed E-state index contributed by atoms with van der Waals surface area (Å²) in [6.07, 6.45) is 0.685. The molecule has 3 aromatic rings. The molecule has 1 unspecified atom stereocenters. The van der Waals surface area contributed by atoms with Crippen LogP contribution in [0.1, 0.15) is 28.4 Å². The van der Waals surface area contributed by atoms with Crippen molar-refractivity contribution in [2.24, 2.45) is 0 Å². The van der Waals surface area contributed by atoms with Gasteiger partial charge in [-0.25, -0.2) is 13.6 Å². The van der Waals surface area contributed by atoms with Crippen LogP contribution in [0.4, 0.5) is 14.5 Å². The molecule has 0 fully saturated rings. The van der Waals surface area contributed by atoms with E-state index in [2.05, 4.69) is 5.32 Å². The lowest BCUT2D eigenvalue weighted by atomic mass is 10.00. The van der Waals surface area contributed by atoms with Crippen LogP contribution in [0.15, 0.2) is 48.5 Å². The highest BCUT2D eigenvalue weighted by atomic mass is 19.1. The molecular formula is C22H17F2NO3. The lowest BCUT2D eigenvalue weighted by Gasteiger charge is -2.15. The SMILES string of the molecule is CC(OC(=O)c1ccc2c3c(cccc13)CC2)C(=O)Nc1cc(F)ccc1F. The molecule has 0 saturated carbocycles. The molecule has 6 heteroatoms. The summed E-state index contributed by atoms with van der Waals surface area (Å²) in [5.41, 5.74) is 2.45. The summed E-state index contributed by atoms with van der Waals surface area (Å²) in [6, 6.07) is 12.1. The second-order valence-electron chi connectivity index (χ2n) is 6.77. The van der Waals surface area contributed by atoms with Gasteiger partial charge in [0.05, 0.1) is 11.3 Å². The van der Waals surface area contributed by atoms with Crippen LogP contribution in [0.3, 0.4) is 0 Å². The van der Waals surface area contributed by atoms with Crippen molar-refractivity contribution in [3.63, 3.8) is 0 Å². The van der Waals surface area contributed by atoms with Crippen molar-refractivity contribution in [1.29, 1.82) is 0 Å². The third kappa shape index (κ3) is 3.22. The minimum absolute atomic E-state index is 0.307. The van der Waals surface area contributed by atoms with Gasteiger partial charge in [0.15, 0.2) is 6.10 Å². The molecule has 1 amide bonds. The number of carbonyl (C=O) groups excluding carboxylic acids is 2. The van der Waals surface area contributed by atoms with Crippen LogP contribution in [0.5, 0.6) is 0 Å². The van der Waals surface area contributed by atoms with Gasteiger partial charge >= 0.3 is 5.97 Å². The molecule has 3 aromatic carbocycles. The molecule has 4 rings (SSSR count). The van der Waals surface area contributed by atoms with Crippen LogP contribution < -0.4 is 5.32 Å². The highest BCUT2D eigenvalue weighted by Crippen LogP contribution is 2.33. The number of hydrogen-bond donors (Lipinski definition) is 1. The first-order valence-electron chi connectivity index (χ1n) is 8.94. The van der Waals surface area contributed by atoms with Gasteiger partial charge < -0.3 is 10.1 Å². The summed E-state index contributed by atoms with van der Waals surface area (Å²) in [7, 11) is 0. The van der Waals surface area contributed by atoms with E-state index in [4.69, 9.17) is 4.74 Å². The Morgan fingerprint density at radius 1 is 1.04 bits per heavy atom. The predicted molar refractivity (Wildman–Crippen MR) is 101 cm³/mol. The number of benzene rings is 3. The van der Waals surface area contributed by atoms with Gasteiger partial charge in [0, 0.05) is 6.07 Å². The third-order valence-corrected chi connectivity index (χ3v) is 4.94. The maximum Gasteiger partial charge on any atom is 0.339 e. The number of ether oxygens (including phenoxy) is 1. The van der Waals surface area contributed by atoms with Crippen molar-refractivity contribution >= 4 is 28.3 Å². The first-order chi connectivity index (χ1) is 13.4. The lowest BCUT2D eigenvalue weighted by molar-refractivity contribution is -0.123. The Morgan fingerprint density at radius 3 is 2.57 bits per heavy atom. The Morgan fingerprint density at radius 2 is 1.79 bits per heavy atom. The Balaban J connectivity index is 1.53. The summed E-state index contributed by atoms with van der Waals surface area (Å²) in [5, 5.41) is 4.10. The topological polar surface area (TPSA) is 55.4 Å². The Labute approximate surface area is 160 Å². The van der Waals surface area contributed by atoms with E-state index in [9.17, 15) is 18.4 Å². The zero-order chi connectivity index (χ0) is 19.8. The molecule has 0 radical (unpaired) electrons. The number of carbonyl (C=O) groups is 2. The van der Waals surface area contributed by atoms with Crippen molar-refractivity contribution in [2.75, 3.05) is 5.32 Å². The Bertz CT molecular complexity index is 1100. The maximum absolute atomic E-state index is 13.7. The zero-order valence-electron chi connectivity index (χ0n) is 15.1. The van der Waals surface area contributed by atoms with Gasteiger partial charge in [-0.15, -0.1) is 0 Å². The second-order valence-corrected chi connectivity index (χ2v) is 6.77. The normalized spacial score (nSPS) is 13.4. The average molecular weight is 381 g/mol. The smallest absolute Gasteiger partial charge is 0.339 e. The molecule has 0 spiro atoms. The predicted octanol–water partition coefficient (Wildman–Crippen LogP) is 4.40. The molecule has 0 saturated heterocycles. The zero-order valence-corrected chi connectivity index (χ0v) is 15.1. The van der Waals surface area contributed by atoms with E-state index < -0.39 is 29.6 Å². The fourth-order valence-corrected chi connectivity index (χ4v) is 3.53. The molecule has 1 N–H and O–H groups in total. The van der Waals surface area contributed by atoms with E-state index in [0.717, 1.165) is 41.8 Å². The van der Waals surface area contributed by atoms with Crippen LogP contribution in [0, 0.1) is 11.6 Å². The number of aryl methyl sites for hydroxylation is 2.